The van der Waals surface area contributed by atoms with Crippen LogP contribution >= 0.6 is 0 Å². The number of hydrogen-bond donors (Lipinski definition) is 2. The van der Waals surface area contributed by atoms with E-state index in [1.165, 1.54) is 38.5 Å². The molecular formula is C14H27NO2. The lowest BCUT2D eigenvalue weighted by Gasteiger charge is -2.29. The van der Waals surface area contributed by atoms with E-state index in [2.05, 4.69) is 5.32 Å². The molecule has 0 aliphatic heterocycles. The van der Waals surface area contributed by atoms with Crippen molar-refractivity contribution in [2.45, 2.75) is 71.3 Å². The third-order valence-electron chi connectivity index (χ3n) is 4.39. The van der Waals surface area contributed by atoms with Crippen molar-refractivity contribution < 1.29 is 9.90 Å². The van der Waals surface area contributed by atoms with Crippen LogP contribution in [0.5, 0.6) is 0 Å². The van der Waals surface area contributed by atoms with Gasteiger partial charge in [0.1, 0.15) is 0 Å². The van der Waals surface area contributed by atoms with Gasteiger partial charge in [0.2, 0.25) is 0 Å². The minimum atomic E-state index is -0.649. The zero-order chi connectivity index (χ0) is 12.7. The topological polar surface area (TPSA) is 49.3 Å². The van der Waals surface area contributed by atoms with E-state index >= 15 is 0 Å². The number of nitrogens with one attached hydrogen (secondary N) is 1. The molecule has 3 nitrogen and oxygen atoms in total. The third kappa shape index (κ3) is 3.98. The molecule has 0 aromatic rings. The number of hydrogen-bond acceptors (Lipinski definition) is 2. The zero-order valence-corrected chi connectivity index (χ0v) is 11.3. The fourth-order valence-corrected chi connectivity index (χ4v) is 2.70. The van der Waals surface area contributed by atoms with Crippen LogP contribution in [0.2, 0.25) is 0 Å². The third-order valence-corrected chi connectivity index (χ3v) is 4.39. The Kier molecular flexibility index (Phi) is 5.96. The van der Waals surface area contributed by atoms with Crippen molar-refractivity contribution in [3.63, 3.8) is 0 Å². The highest BCUT2D eigenvalue weighted by Crippen LogP contribution is 2.27. The van der Waals surface area contributed by atoms with Gasteiger partial charge in [0.15, 0.2) is 0 Å². The first kappa shape index (κ1) is 14.5. The summed E-state index contributed by atoms with van der Waals surface area (Å²) in [6, 6.07) is 0.536. The predicted octanol–water partition coefficient (Wildman–Crippen LogP) is 3.19. The van der Waals surface area contributed by atoms with Gasteiger partial charge in [-0.05, 0) is 25.7 Å². The standard InChI is InChI=1S/C14H27NO2/c1-3-14(4-2,13(16)17)11-15-12-9-7-5-6-8-10-12/h12,15H,3-11H2,1-2H3,(H,16,17). The molecule has 1 rings (SSSR count). The zero-order valence-electron chi connectivity index (χ0n) is 11.3. The van der Waals surface area contributed by atoms with Crippen LogP contribution in [0.3, 0.4) is 0 Å². The van der Waals surface area contributed by atoms with Gasteiger partial charge in [-0.2, -0.15) is 0 Å². The highest BCUT2D eigenvalue weighted by atomic mass is 16.4. The lowest BCUT2D eigenvalue weighted by molar-refractivity contribution is -0.149. The Labute approximate surface area is 105 Å². The Morgan fingerprint density at radius 3 is 2.12 bits per heavy atom. The van der Waals surface area contributed by atoms with Gasteiger partial charge in [0.25, 0.3) is 0 Å². The normalized spacial score (nSPS) is 18.9. The Hall–Kier alpha value is -0.570. The molecule has 0 heterocycles. The highest BCUT2D eigenvalue weighted by molar-refractivity contribution is 5.74. The summed E-state index contributed by atoms with van der Waals surface area (Å²) in [5.74, 6) is -0.649. The second-order valence-electron chi connectivity index (χ2n) is 5.36. The summed E-state index contributed by atoms with van der Waals surface area (Å²) < 4.78 is 0. The van der Waals surface area contributed by atoms with Gasteiger partial charge >= 0.3 is 5.97 Å². The molecule has 0 aromatic heterocycles. The summed E-state index contributed by atoms with van der Waals surface area (Å²) >= 11 is 0. The van der Waals surface area contributed by atoms with Crippen LogP contribution in [0.15, 0.2) is 0 Å². The molecule has 0 spiro atoms. The first-order valence-corrected chi connectivity index (χ1v) is 7.11. The molecule has 1 aliphatic rings. The summed E-state index contributed by atoms with van der Waals surface area (Å²) in [5, 5.41) is 12.9. The van der Waals surface area contributed by atoms with Gasteiger partial charge in [0.05, 0.1) is 5.41 Å². The van der Waals surface area contributed by atoms with Crippen molar-refractivity contribution in [2.24, 2.45) is 5.41 Å². The van der Waals surface area contributed by atoms with E-state index in [9.17, 15) is 9.90 Å². The monoisotopic (exact) mass is 241 g/mol. The maximum Gasteiger partial charge on any atom is 0.310 e. The molecule has 0 amide bonds. The molecule has 0 bridgehead atoms. The molecular weight excluding hydrogens is 214 g/mol. The van der Waals surface area contributed by atoms with Crippen LogP contribution in [0.25, 0.3) is 0 Å². The quantitative estimate of drug-likeness (QED) is 0.702. The number of carbonyl (C=O) groups is 1. The van der Waals surface area contributed by atoms with Gasteiger partial charge < -0.3 is 10.4 Å². The van der Waals surface area contributed by atoms with E-state index in [-0.39, 0.29) is 0 Å². The van der Waals surface area contributed by atoms with Gasteiger partial charge in [0, 0.05) is 12.6 Å². The first-order chi connectivity index (χ1) is 8.14. The number of rotatable bonds is 6. The lowest BCUT2D eigenvalue weighted by Crippen LogP contribution is -2.43. The first-order valence-electron chi connectivity index (χ1n) is 7.11. The second kappa shape index (κ2) is 7.00. The Morgan fingerprint density at radius 2 is 1.71 bits per heavy atom. The van der Waals surface area contributed by atoms with Crippen LogP contribution in [0.4, 0.5) is 0 Å². The average Bonchev–Trinajstić information content (AvgIpc) is 2.59. The average molecular weight is 241 g/mol. The summed E-state index contributed by atoms with van der Waals surface area (Å²) in [5.41, 5.74) is -0.563. The number of carboxylic acid groups (broad SMARTS) is 1. The summed E-state index contributed by atoms with van der Waals surface area (Å²) in [7, 11) is 0. The SMILES string of the molecule is CCC(CC)(CNC1CCCCCC1)C(=O)O. The van der Waals surface area contributed by atoms with E-state index in [0.717, 1.165) is 0 Å². The lowest BCUT2D eigenvalue weighted by atomic mass is 9.82. The van der Waals surface area contributed by atoms with Crippen LogP contribution in [0, 0.1) is 5.41 Å². The smallest absolute Gasteiger partial charge is 0.310 e. The van der Waals surface area contributed by atoms with Gasteiger partial charge in [-0.25, -0.2) is 0 Å². The molecule has 0 radical (unpaired) electrons. The molecule has 2 N–H and O–H groups in total. The summed E-state index contributed by atoms with van der Waals surface area (Å²) in [6.45, 7) is 4.58. The Bertz CT molecular complexity index is 228. The maximum absolute atomic E-state index is 11.4. The number of carboxylic acids is 1. The van der Waals surface area contributed by atoms with Gasteiger partial charge in [-0.15, -0.1) is 0 Å². The van der Waals surface area contributed by atoms with Crippen molar-refractivity contribution in [2.75, 3.05) is 6.54 Å². The van der Waals surface area contributed by atoms with Gasteiger partial charge in [-0.3, -0.25) is 4.79 Å². The molecule has 1 saturated carbocycles. The van der Waals surface area contributed by atoms with Crippen molar-refractivity contribution in [3.8, 4) is 0 Å². The molecule has 17 heavy (non-hydrogen) atoms. The minimum absolute atomic E-state index is 0.536. The van der Waals surface area contributed by atoms with Crippen LogP contribution in [-0.4, -0.2) is 23.7 Å². The summed E-state index contributed by atoms with van der Waals surface area (Å²) in [6.07, 6.45) is 9.09. The fraction of sp³-hybridized carbons (Fsp3) is 0.929. The largest absolute Gasteiger partial charge is 0.481 e. The van der Waals surface area contributed by atoms with Crippen molar-refractivity contribution >= 4 is 5.97 Å². The van der Waals surface area contributed by atoms with Crippen LogP contribution in [-0.2, 0) is 4.79 Å². The maximum atomic E-state index is 11.4. The van der Waals surface area contributed by atoms with E-state index in [0.29, 0.717) is 25.4 Å². The van der Waals surface area contributed by atoms with Gasteiger partial charge in [-0.1, -0.05) is 39.5 Å². The second-order valence-corrected chi connectivity index (χ2v) is 5.36. The molecule has 0 aromatic carbocycles. The van der Waals surface area contributed by atoms with Crippen molar-refractivity contribution in [1.82, 2.24) is 5.32 Å². The van der Waals surface area contributed by atoms with E-state index in [4.69, 9.17) is 0 Å². The van der Waals surface area contributed by atoms with E-state index in [1.54, 1.807) is 0 Å². The van der Waals surface area contributed by atoms with Crippen LogP contribution in [0.1, 0.15) is 65.2 Å². The van der Waals surface area contributed by atoms with E-state index in [1.807, 2.05) is 13.8 Å². The minimum Gasteiger partial charge on any atom is -0.481 e. The Balaban J connectivity index is 2.47. The van der Waals surface area contributed by atoms with Crippen molar-refractivity contribution in [3.05, 3.63) is 0 Å². The van der Waals surface area contributed by atoms with Crippen molar-refractivity contribution in [1.29, 1.82) is 0 Å². The molecule has 0 atom stereocenters. The predicted molar refractivity (Wildman–Crippen MR) is 70.1 cm³/mol. The molecule has 3 heteroatoms. The van der Waals surface area contributed by atoms with Crippen LogP contribution < -0.4 is 5.32 Å². The fourth-order valence-electron chi connectivity index (χ4n) is 2.70. The summed E-state index contributed by atoms with van der Waals surface area (Å²) in [4.78, 5) is 11.4. The van der Waals surface area contributed by atoms with E-state index < -0.39 is 11.4 Å². The highest BCUT2D eigenvalue weighted by Gasteiger charge is 2.35. The molecule has 1 fully saturated rings. The molecule has 1 aliphatic carbocycles. The molecule has 0 saturated heterocycles. The molecule has 0 unspecified atom stereocenters. The number of aliphatic carboxylic acids is 1. The Morgan fingerprint density at radius 1 is 1.18 bits per heavy atom. The molecule has 100 valence electrons.